The first kappa shape index (κ1) is 28.5. The number of para-hydroxylation sites is 1. The molecule has 2 aromatic rings. The summed E-state index contributed by atoms with van der Waals surface area (Å²) in [6, 6.07) is 7.44. The topological polar surface area (TPSA) is 129 Å². The van der Waals surface area contributed by atoms with Gasteiger partial charge in [0, 0.05) is 6.42 Å². The van der Waals surface area contributed by atoms with E-state index in [2.05, 4.69) is 15.7 Å². The van der Waals surface area contributed by atoms with Gasteiger partial charge < -0.3 is 20.1 Å². The van der Waals surface area contributed by atoms with Gasteiger partial charge in [0.05, 0.1) is 35.9 Å². The van der Waals surface area contributed by atoms with E-state index in [9.17, 15) is 19.2 Å². The Bertz CT molecular complexity index is 1060. The summed E-state index contributed by atoms with van der Waals surface area (Å²) >= 11 is 0. The summed E-state index contributed by atoms with van der Waals surface area (Å²) in [4.78, 5) is 50.6. The Morgan fingerprint density at radius 3 is 2.19 bits per heavy atom. The van der Waals surface area contributed by atoms with E-state index in [1.54, 1.807) is 46.2 Å². The molecule has 1 aromatic carbocycles. The van der Waals surface area contributed by atoms with Gasteiger partial charge in [-0.2, -0.15) is 5.10 Å². The quantitative estimate of drug-likeness (QED) is 0.429. The lowest BCUT2D eigenvalue weighted by molar-refractivity contribution is -0.149. The van der Waals surface area contributed by atoms with E-state index in [0.717, 1.165) is 5.69 Å². The Morgan fingerprint density at radius 1 is 0.972 bits per heavy atom. The lowest BCUT2D eigenvalue weighted by Crippen LogP contribution is -2.54. The van der Waals surface area contributed by atoms with Gasteiger partial charge in [0.1, 0.15) is 12.1 Å². The van der Waals surface area contributed by atoms with E-state index in [-0.39, 0.29) is 32.0 Å². The second-order valence-electron chi connectivity index (χ2n) is 8.65. The zero-order chi connectivity index (χ0) is 26.8. The van der Waals surface area contributed by atoms with Crippen molar-refractivity contribution in [1.29, 1.82) is 0 Å². The van der Waals surface area contributed by atoms with Crippen LogP contribution in [0.2, 0.25) is 0 Å². The van der Waals surface area contributed by atoms with E-state index in [0.29, 0.717) is 17.0 Å². The highest BCUT2D eigenvalue weighted by Gasteiger charge is 2.31. The van der Waals surface area contributed by atoms with Gasteiger partial charge in [0.15, 0.2) is 0 Å². The van der Waals surface area contributed by atoms with Crippen molar-refractivity contribution < 1.29 is 28.7 Å². The molecule has 2 rings (SSSR count). The molecule has 2 N–H and O–H groups in total. The molecule has 0 radical (unpaired) electrons. The van der Waals surface area contributed by atoms with E-state index >= 15 is 0 Å². The Hall–Kier alpha value is -3.69. The van der Waals surface area contributed by atoms with Crippen molar-refractivity contribution in [3.05, 3.63) is 47.3 Å². The lowest BCUT2D eigenvalue weighted by atomic mass is 10.0. The van der Waals surface area contributed by atoms with Crippen molar-refractivity contribution in [2.75, 3.05) is 13.2 Å². The first-order valence-corrected chi connectivity index (χ1v) is 12.2. The second kappa shape index (κ2) is 13.4. The SMILES string of the molecule is CCOC(=O)CC[C@@H](NC(=O)[C@@H](NC(=O)c1c(C)nn(-c2ccccc2)c1C)C(C)C)C(=O)OCC. The number of hydrogen-bond donors (Lipinski definition) is 2. The fourth-order valence-corrected chi connectivity index (χ4v) is 3.79. The minimum atomic E-state index is -1.05. The Balaban J connectivity index is 2.20. The molecule has 2 amide bonds. The molecular formula is C26H36N4O6. The molecule has 10 nitrogen and oxygen atoms in total. The number of ether oxygens (including phenoxy) is 2. The van der Waals surface area contributed by atoms with Crippen LogP contribution in [-0.2, 0) is 23.9 Å². The maximum absolute atomic E-state index is 13.3. The number of carbonyl (C=O) groups is 4. The number of nitrogens with zero attached hydrogens (tertiary/aromatic N) is 2. The molecule has 196 valence electrons. The number of carbonyl (C=O) groups excluding carboxylic acids is 4. The van der Waals surface area contributed by atoms with Crippen LogP contribution in [-0.4, -0.2) is 58.8 Å². The summed E-state index contributed by atoms with van der Waals surface area (Å²) in [5.74, 6) is -2.41. The van der Waals surface area contributed by atoms with Crippen molar-refractivity contribution in [1.82, 2.24) is 20.4 Å². The summed E-state index contributed by atoms with van der Waals surface area (Å²) in [7, 11) is 0. The number of aryl methyl sites for hydroxylation is 1. The molecule has 0 aliphatic carbocycles. The summed E-state index contributed by atoms with van der Waals surface area (Å²) in [6.45, 7) is 10.8. The number of hydrogen-bond acceptors (Lipinski definition) is 7. The Morgan fingerprint density at radius 2 is 1.61 bits per heavy atom. The standard InChI is InChI=1S/C26H36N4O6/c1-7-35-21(31)15-14-20(26(34)36-8-2)27-25(33)23(16(3)4)28-24(32)22-17(5)29-30(18(22)6)19-12-10-9-11-13-19/h9-13,16,20,23H,7-8,14-15H2,1-6H3,(H,27,33)(H,28,32)/t20-,23+/m1/s1. The molecular weight excluding hydrogens is 464 g/mol. The van der Waals surface area contributed by atoms with Gasteiger partial charge in [0.2, 0.25) is 5.91 Å². The van der Waals surface area contributed by atoms with Crippen LogP contribution in [0.4, 0.5) is 0 Å². The number of nitrogens with one attached hydrogen (secondary N) is 2. The zero-order valence-electron chi connectivity index (χ0n) is 21.8. The molecule has 0 aliphatic heterocycles. The number of rotatable bonds is 12. The summed E-state index contributed by atoms with van der Waals surface area (Å²) in [5.41, 5.74) is 2.35. The maximum atomic E-state index is 13.3. The van der Waals surface area contributed by atoms with Crippen LogP contribution in [0.3, 0.4) is 0 Å². The van der Waals surface area contributed by atoms with Crippen LogP contribution in [0, 0.1) is 19.8 Å². The highest BCUT2D eigenvalue weighted by Crippen LogP contribution is 2.18. The number of amides is 2. The number of aromatic nitrogens is 2. The predicted octanol–water partition coefficient (Wildman–Crippen LogP) is 2.63. The molecule has 1 aromatic heterocycles. The van der Waals surface area contributed by atoms with Gasteiger partial charge in [-0.15, -0.1) is 0 Å². The van der Waals surface area contributed by atoms with E-state index in [1.165, 1.54) is 0 Å². The van der Waals surface area contributed by atoms with Gasteiger partial charge in [-0.05, 0) is 52.2 Å². The summed E-state index contributed by atoms with van der Waals surface area (Å²) in [5, 5.41) is 9.93. The van der Waals surface area contributed by atoms with Crippen LogP contribution in [0.5, 0.6) is 0 Å². The van der Waals surface area contributed by atoms with Crippen LogP contribution in [0.15, 0.2) is 30.3 Å². The third-order valence-corrected chi connectivity index (χ3v) is 5.58. The van der Waals surface area contributed by atoms with Crippen molar-refractivity contribution in [2.24, 2.45) is 5.92 Å². The number of benzene rings is 1. The van der Waals surface area contributed by atoms with Crippen molar-refractivity contribution in [3.8, 4) is 5.69 Å². The molecule has 0 bridgehead atoms. The van der Waals surface area contributed by atoms with Crippen LogP contribution in [0.25, 0.3) is 5.69 Å². The molecule has 0 aliphatic rings. The molecule has 1 heterocycles. The minimum Gasteiger partial charge on any atom is -0.466 e. The molecule has 0 saturated carbocycles. The molecule has 10 heteroatoms. The number of esters is 2. The van der Waals surface area contributed by atoms with Crippen LogP contribution < -0.4 is 10.6 Å². The molecule has 36 heavy (non-hydrogen) atoms. The highest BCUT2D eigenvalue weighted by atomic mass is 16.5. The smallest absolute Gasteiger partial charge is 0.328 e. The molecule has 0 saturated heterocycles. The first-order chi connectivity index (χ1) is 17.1. The van der Waals surface area contributed by atoms with Gasteiger partial charge in [-0.25, -0.2) is 9.48 Å². The van der Waals surface area contributed by atoms with Gasteiger partial charge in [-0.3, -0.25) is 14.4 Å². The van der Waals surface area contributed by atoms with Crippen LogP contribution >= 0.6 is 0 Å². The van der Waals surface area contributed by atoms with Gasteiger partial charge in [0.25, 0.3) is 5.91 Å². The molecule has 0 spiro atoms. The van der Waals surface area contributed by atoms with Crippen molar-refractivity contribution in [2.45, 2.75) is 66.5 Å². The first-order valence-electron chi connectivity index (χ1n) is 12.2. The van der Waals surface area contributed by atoms with E-state index in [4.69, 9.17) is 9.47 Å². The van der Waals surface area contributed by atoms with Crippen LogP contribution in [0.1, 0.15) is 62.3 Å². The Labute approximate surface area is 211 Å². The van der Waals surface area contributed by atoms with Crippen molar-refractivity contribution >= 4 is 23.8 Å². The normalized spacial score (nSPS) is 12.5. The monoisotopic (exact) mass is 500 g/mol. The minimum absolute atomic E-state index is 0.0181. The maximum Gasteiger partial charge on any atom is 0.328 e. The largest absolute Gasteiger partial charge is 0.466 e. The van der Waals surface area contributed by atoms with E-state index in [1.807, 2.05) is 30.3 Å². The van der Waals surface area contributed by atoms with Gasteiger partial charge >= 0.3 is 11.9 Å². The predicted molar refractivity (Wildman–Crippen MR) is 134 cm³/mol. The Kier molecular flexibility index (Phi) is 10.6. The third kappa shape index (κ3) is 7.40. The summed E-state index contributed by atoms with van der Waals surface area (Å²) < 4.78 is 11.7. The summed E-state index contributed by atoms with van der Waals surface area (Å²) in [6.07, 6.45) is -0.0441. The molecule has 0 unspecified atom stereocenters. The highest BCUT2D eigenvalue weighted by molar-refractivity contribution is 6.00. The third-order valence-electron chi connectivity index (χ3n) is 5.58. The fourth-order valence-electron chi connectivity index (χ4n) is 3.79. The zero-order valence-corrected chi connectivity index (χ0v) is 21.8. The average Bonchev–Trinajstić information content (AvgIpc) is 3.14. The average molecular weight is 501 g/mol. The van der Waals surface area contributed by atoms with E-state index < -0.39 is 35.8 Å². The second-order valence-corrected chi connectivity index (χ2v) is 8.65. The molecule has 0 fully saturated rings. The van der Waals surface area contributed by atoms with Crippen molar-refractivity contribution in [3.63, 3.8) is 0 Å². The molecule has 2 atom stereocenters. The fraction of sp³-hybridized carbons (Fsp3) is 0.500. The van der Waals surface area contributed by atoms with Gasteiger partial charge in [-0.1, -0.05) is 32.0 Å². The lowest BCUT2D eigenvalue weighted by Gasteiger charge is -2.25.